The third-order valence-corrected chi connectivity index (χ3v) is 1.72. The van der Waals surface area contributed by atoms with Gasteiger partial charge in [-0.3, -0.25) is 4.79 Å². The van der Waals surface area contributed by atoms with Crippen LogP contribution in [-0.2, 0) is 4.79 Å². The van der Waals surface area contributed by atoms with Crippen LogP contribution in [0, 0.1) is 0 Å². The molecule has 0 saturated heterocycles. The molecule has 1 aromatic rings. The van der Waals surface area contributed by atoms with Gasteiger partial charge in [0.15, 0.2) is 0 Å². The molecule has 0 spiro atoms. The Bertz CT molecular complexity index is 373. The van der Waals surface area contributed by atoms with Crippen molar-refractivity contribution in [2.24, 2.45) is 0 Å². The first-order valence-corrected chi connectivity index (χ1v) is 5.02. The molecule has 0 atom stereocenters. The van der Waals surface area contributed by atoms with Crippen molar-refractivity contribution in [1.29, 1.82) is 0 Å². The van der Waals surface area contributed by atoms with Gasteiger partial charge < -0.3 is 15.4 Å². The zero-order valence-corrected chi connectivity index (χ0v) is 9.71. The lowest BCUT2D eigenvalue weighted by Crippen LogP contribution is -2.26. The Morgan fingerprint density at radius 2 is 2.19 bits per heavy atom. The molecule has 88 valence electrons. The highest BCUT2D eigenvalue weighted by Gasteiger charge is 2.06. The van der Waals surface area contributed by atoms with E-state index < -0.39 is 0 Å². The number of halogens is 1. The number of amides is 1. The maximum absolute atomic E-state index is 11.0. The summed E-state index contributed by atoms with van der Waals surface area (Å²) in [5, 5.41) is 5.16. The highest BCUT2D eigenvalue weighted by atomic mass is 35.5. The zero-order chi connectivity index (χ0) is 12.0. The Morgan fingerprint density at radius 1 is 1.44 bits per heavy atom. The average molecular weight is 246 g/mol. The van der Waals surface area contributed by atoms with E-state index in [0.717, 1.165) is 0 Å². The molecule has 0 bridgehead atoms. The maximum Gasteiger partial charge on any atom is 0.322 e. The average Bonchev–Trinajstić information content (AvgIpc) is 2.25. The number of nitrogens with one attached hydrogen (secondary N) is 2. The first kappa shape index (κ1) is 12.4. The Labute approximate surface area is 97.6 Å². The molecule has 0 unspecified atom stereocenters. The highest BCUT2D eigenvalue weighted by molar-refractivity contribution is 6.28. The van der Waals surface area contributed by atoms with Gasteiger partial charge in [-0.05, 0) is 18.5 Å². The third kappa shape index (κ3) is 3.85. The van der Waals surface area contributed by atoms with Gasteiger partial charge in [-0.2, -0.15) is 15.0 Å². The number of carbonyl (C=O) groups is 1. The van der Waals surface area contributed by atoms with Crippen LogP contribution in [-0.4, -0.2) is 41.1 Å². The van der Waals surface area contributed by atoms with E-state index in [9.17, 15) is 4.79 Å². The van der Waals surface area contributed by atoms with E-state index in [-0.39, 0.29) is 29.7 Å². The van der Waals surface area contributed by atoms with Crippen molar-refractivity contribution >= 4 is 23.5 Å². The van der Waals surface area contributed by atoms with Crippen molar-refractivity contribution in [2.75, 3.05) is 25.5 Å². The Hall–Kier alpha value is -1.63. The number of ether oxygens (including phenoxy) is 1. The van der Waals surface area contributed by atoms with Gasteiger partial charge in [0.2, 0.25) is 17.1 Å². The Kier molecular flexibility index (Phi) is 4.71. The minimum absolute atomic E-state index is 0.0119. The fraction of sp³-hybridized carbons (Fsp3) is 0.500. The van der Waals surface area contributed by atoms with Crippen LogP contribution in [0.1, 0.15) is 6.92 Å². The Balaban J connectivity index is 2.68. The van der Waals surface area contributed by atoms with Crippen LogP contribution in [0.3, 0.4) is 0 Å². The quantitative estimate of drug-likeness (QED) is 0.764. The lowest BCUT2D eigenvalue weighted by molar-refractivity contribution is -0.118. The molecule has 2 N–H and O–H groups in total. The number of rotatable bonds is 5. The Morgan fingerprint density at radius 3 is 2.81 bits per heavy atom. The molecule has 0 aromatic carbocycles. The molecule has 0 aliphatic heterocycles. The largest absolute Gasteiger partial charge is 0.464 e. The van der Waals surface area contributed by atoms with E-state index in [4.69, 9.17) is 16.3 Å². The number of aromatic nitrogens is 3. The van der Waals surface area contributed by atoms with Gasteiger partial charge in [-0.1, -0.05) is 0 Å². The van der Waals surface area contributed by atoms with Crippen molar-refractivity contribution in [3.63, 3.8) is 0 Å². The second-order valence-electron chi connectivity index (χ2n) is 2.67. The van der Waals surface area contributed by atoms with Crippen LogP contribution in [0.15, 0.2) is 0 Å². The summed E-state index contributed by atoms with van der Waals surface area (Å²) in [6, 6.07) is 0.127. The van der Waals surface area contributed by atoms with E-state index in [1.807, 2.05) is 0 Å². The minimum atomic E-state index is -0.186. The molecule has 0 fully saturated rings. The fourth-order valence-corrected chi connectivity index (χ4v) is 1.00. The molecule has 16 heavy (non-hydrogen) atoms. The van der Waals surface area contributed by atoms with Gasteiger partial charge in [0.1, 0.15) is 0 Å². The van der Waals surface area contributed by atoms with Crippen LogP contribution in [0.25, 0.3) is 0 Å². The van der Waals surface area contributed by atoms with Gasteiger partial charge in [0, 0.05) is 7.05 Å². The van der Waals surface area contributed by atoms with Crippen molar-refractivity contribution in [2.45, 2.75) is 6.92 Å². The standard InChI is InChI=1S/C8H12ClN5O2/c1-3-16-8-13-6(9)12-7(14-8)11-4-5(15)10-2/h3-4H2,1-2H3,(H,10,15)(H,11,12,13,14). The van der Waals surface area contributed by atoms with Crippen LogP contribution < -0.4 is 15.4 Å². The molecule has 1 heterocycles. The highest BCUT2D eigenvalue weighted by Crippen LogP contribution is 2.10. The first-order chi connectivity index (χ1) is 7.65. The van der Waals surface area contributed by atoms with Crippen LogP contribution in [0.4, 0.5) is 5.95 Å². The molecular formula is C8H12ClN5O2. The number of anilines is 1. The molecule has 7 nitrogen and oxygen atoms in total. The summed E-state index contributed by atoms with van der Waals surface area (Å²) < 4.78 is 5.07. The predicted molar refractivity (Wildman–Crippen MR) is 58.6 cm³/mol. The lowest BCUT2D eigenvalue weighted by atomic mass is 10.6. The van der Waals surface area contributed by atoms with Gasteiger partial charge >= 0.3 is 6.01 Å². The van der Waals surface area contributed by atoms with Crippen molar-refractivity contribution < 1.29 is 9.53 Å². The monoisotopic (exact) mass is 245 g/mol. The smallest absolute Gasteiger partial charge is 0.322 e. The summed E-state index contributed by atoms with van der Waals surface area (Å²) in [6.07, 6.45) is 0. The molecule has 0 aliphatic carbocycles. The molecule has 8 heteroatoms. The van der Waals surface area contributed by atoms with Gasteiger partial charge in [-0.15, -0.1) is 0 Å². The fourth-order valence-electron chi connectivity index (χ4n) is 0.852. The van der Waals surface area contributed by atoms with Crippen LogP contribution in [0.2, 0.25) is 5.28 Å². The zero-order valence-electron chi connectivity index (χ0n) is 8.95. The molecule has 1 aromatic heterocycles. The summed E-state index contributed by atoms with van der Waals surface area (Å²) in [5.74, 6) is 0.0153. The summed E-state index contributed by atoms with van der Waals surface area (Å²) >= 11 is 5.65. The maximum atomic E-state index is 11.0. The number of likely N-dealkylation sites (N-methyl/N-ethyl adjacent to an activating group) is 1. The van der Waals surface area contributed by atoms with E-state index in [2.05, 4.69) is 25.6 Å². The van der Waals surface area contributed by atoms with Gasteiger partial charge in [-0.25, -0.2) is 0 Å². The molecule has 0 radical (unpaired) electrons. The number of carbonyl (C=O) groups excluding carboxylic acids is 1. The van der Waals surface area contributed by atoms with E-state index in [1.165, 1.54) is 7.05 Å². The molecule has 0 saturated carbocycles. The predicted octanol–water partition coefficient (Wildman–Crippen LogP) is 0.0816. The summed E-state index contributed by atoms with van der Waals surface area (Å²) in [6.45, 7) is 2.28. The SMILES string of the molecule is CCOc1nc(Cl)nc(NCC(=O)NC)n1. The van der Waals surface area contributed by atoms with E-state index in [0.29, 0.717) is 6.61 Å². The summed E-state index contributed by atoms with van der Waals surface area (Å²) in [7, 11) is 1.54. The summed E-state index contributed by atoms with van der Waals surface area (Å²) in [5.41, 5.74) is 0. The van der Waals surface area contributed by atoms with Crippen molar-refractivity contribution in [3.05, 3.63) is 5.28 Å². The number of nitrogens with zero attached hydrogens (tertiary/aromatic N) is 3. The van der Waals surface area contributed by atoms with Crippen LogP contribution in [0.5, 0.6) is 6.01 Å². The second-order valence-corrected chi connectivity index (χ2v) is 3.01. The normalized spacial score (nSPS) is 9.69. The second kappa shape index (κ2) is 6.06. The van der Waals surface area contributed by atoms with Crippen LogP contribution >= 0.6 is 11.6 Å². The van der Waals surface area contributed by atoms with Crippen molar-refractivity contribution in [3.8, 4) is 6.01 Å². The van der Waals surface area contributed by atoms with Crippen molar-refractivity contribution in [1.82, 2.24) is 20.3 Å². The summed E-state index contributed by atoms with van der Waals surface area (Å²) in [4.78, 5) is 22.4. The number of hydrogen-bond donors (Lipinski definition) is 2. The topological polar surface area (TPSA) is 89.0 Å². The van der Waals surface area contributed by atoms with E-state index >= 15 is 0 Å². The van der Waals surface area contributed by atoms with Gasteiger partial charge in [0.05, 0.1) is 13.2 Å². The third-order valence-electron chi connectivity index (χ3n) is 1.55. The molecule has 1 amide bonds. The minimum Gasteiger partial charge on any atom is -0.464 e. The van der Waals surface area contributed by atoms with Gasteiger partial charge in [0.25, 0.3) is 0 Å². The molecule has 1 rings (SSSR count). The first-order valence-electron chi connectivity index (χ1n) is 4.64. The molecule has 0 aliphatic rings. The molecular weight excluding hydrogens is 234 g/mol. The lowest BCUT2D eigenvalue weighted by Gasteiger charge is -2.05. The number of hydrogen-bond acceptors (Lipinski definition) is 6. The van der Waals surface area contributed by atoms with E-state index in [1.54, 1.807) is 6.92 Å².